The van der Waals surface area contributed by atoms with Gasteiger partial charge >= 0.3 is 6.18 Å². The molecule has 1 aromatic carbocycles. The molecule has 0 saturated heterocycles. The smallest absolute Gasteiger partial charge is 0.355 e. The minimum absolute atomic E-state index is 0.0764. The van der Waals surface area contributed by atoms with E-state index in [1.807, 2.05) is 19.1 Å². The third kappa shape index (κ3) is 5.09. The number of carbonyl (C=O) groups excluding carboxylic acids is 1. The zero-order valence-corrected chi connectivity index (χ0v) is 12.6. The van der Waals surface area contributed by atoms with E-state index in [9.17, 15) is 18.0 Å². The lowest BCUT2D eigenvalue weighted by atomic mass is 10.0. The van der Waals surface area contributed by atoms with Gasteiger partial charge in [0.1, 0.15) is 0 Å². The molecule has 0 bridgehead atoms. The van der Waals surface area contributed by atoms with Gasteiger partial charge in [0.05, 0.1) is 12.0 Å². The molecule has 6 heteroatoms. The molecular formula is C17H17F3N2O. The van der Waals surface area contributed by atoms with Crippen molar-refractivity contribution in [3.8, 4) is 0 Å². The Morgan fingerprint density at radius 2 is 1.91 bits per heavy atom. The fourth-order valence-electron chi connectivity index (χ4n) is 2.18. The van der Waals surface area contributed by atoms with Crippen molar-refractivity contribution in [2.75, 3.05) is 6.54 Å². The summed E-state index contributed by atoms with van der Waals surface area (Å²) in [5.74, 6) is -0.200. The van der Waals surface area contributed by atoms with Crippen LogP contribution in [0.5, 0.6) is 0 Å². The van der Waals surface area contributed by atoms with Gasteiger partial charge in [-0.3, -0.25) is 9.78 Å². The van der Waals surface area contributed by atoms with Gasteiger partial charge in [0.2, 0.25) is 5.91 Å². The van der Waals surface area contributed by atoms with Crippen LogP contribution < -0.4 is 5.32 Å². The molecule has 0 spiro atoms. The normalized spacial score (nSPS) is 12.7. The average Bonchev–Trinajstić information content (AvgIpc) is 2.53. The van der Waals surface area contributed by atoms with Crippen LogP contribution in [0.2, 0.25) is 0 Å². The van der Waals surface area contributed by atoms with Crippen LogP contribution >= 0.6 is 0 Å². The Kier molecular flexibility index (Phi) is 5.36. The van der Waals surface area contributed by atoms with Crippen molar-refractivity contribution in [2.24, 2.45) is 0 Å². The lowest BCUT2D eigenvalue weighted by molar-refractivity contribution is -0.137. The number of benzene rings is 1. The van der Waals surface area contributed by atoms with E-state index in [4.69, 9.17) is 0 Å². The van der Waals surface area contributed by atoms with Gasteiger partial charge in [0.25, 0.3) is 0 Å². The Hall–Kier alpha value is -2.37. The minimum atomic E-state index is -4.40. The highest BCUT2D eigenvalue weighted by molar-refractivity contribution is 5.78. The number of halogens is 3. The Balaban J connectivity index is 1.90. The first kappa shape index (κ1) is 17.0. The number of rotatable bonds is 5. The molecule has 0 fully saturated rings. The summed E-state index contributed by atoms with van der Waals surface area (Å²) >= 11 is 0. The van der Waals surface area contributed by atoms with Crippen LogP contribution in [0.3, 0.4) is 0 Å². The van der Waals surface area contributed by atoms with E-state index in [-0.39, 0.29) is 18.2 Å². The van der Waals surface area contributed by atoms with E-state index in [1.165, 1.54) is 12.1 Å². The summed E-state index contributed by atoms with van der Waals surface area (Å²) in [5, 5.41) is 2.75. The molecule has 2 aromatic rings. The molecule has 0 saturated carbocycles. The number of nitrogens with one attached hydrogen (secondary N) is 1. The van der Waals surface area contributed by atoms with Gasteiger partial charge in [-0.05, 0) is 35.2 Å². The van der Waals surface area contributed by atoms with Gasteiger partial charge in [-0.1, -0.05) is 25.1 Å². The number of hydrogen-bond donors (Lipinski definition) is 1. The van der Waals surface area contributed by atoms with Crippen LogP contribution in [0.1, 0.15) is 29.5 Å². The van der Waals surface area contributed by atoms with Gasteiger partial charge < -0.3 is 5.32 Å². The first-order valence-corrected chi connectivity index (χ1v) is 7.19. The molecule has 1 amide bonds. The number of nitrogens with zero attached hydrogens (tertiary/aromatic N) is 1. The fourth-order valence-corrected chi connectivity index (χ4v) is 2.18. The zero-order valence-electron chi connectivity index (χ0n) is 12.6. The third-order valence-electron chi connectivity index (χ3n) is 3.50. The van der Waals surface area contributed by atoms with Gasteiger partial charge in [-0.25, -0.2) is 0 Å². The van der Waals surface area contributed by atoms with Crippen LogP contribution in [-0.4, -0.2) is 17.4 Å². The van der Waals surface area contributed by atoms with Gasteiger partial charge in [0, 0.05) is 18.9 Å². The van der Waals surface area contributed by atoms with E-state index in [2.05, 4.69) is 10.3 Å². The van der Waals surface area contributed by atoms with Crippen molar-refractivity contribution in [3.05, 3.63) is 65.5 Å². The molecule has 3 nitrogen and oxygen atoms in total. The Labute approximate surface area is 132 Å². The van der Waals surface area contributed by atoms with Crippen LogP contribution in [0.15, 0.2) is 48.8 Å². The number of aromatic nitrogens is 1. The van der Waals surface area contributed by atoms with Crippen molar-refractivity contribution in [3.63, 3.8) is 0 Å². The maximum Gasteiger partial charge on any atom is 0.416 e. The second-order valence-corrected chi connectivity index (χ2v) is 5.36. The highest BCUT2D eigenvalue weighted by atomic mass is 19.4. The summed E-state index contributed by atoms with van der Waals surface area (Å²) in [7, 11) is 0. The quantitative estimate of drug-likeness (QED) is 0.914. The highest BCUT2D eigenvalue weighted by Gasteiger charge is 2.30. The largest absolute Gasteiger partial charge is 0.416 e. The molecule has 0 aliphatic rings. The number of pyridine rings is 1. The topological polar surface area (TPSA) is 42.0 Å². The lowest BCUT2D eigenvalue weighted by Crippen LogP contribution is -2.29. The molecule has 23 heavy (non-hydrogen) atoms. The van der Waals surface area contributed by atoms with Crippen molar-refractivity contribution in [2.45, 2.75) is 25.4 Å². The first-order valence-electron chi connectivity index (χ1n) is 7.19. The predicted octanol–water partition coefficient (Wildman–Crippen LogP) is 3.56. The van der Waals surface area contributed by atoms with Crippen LogP contribution in [0.4, 0.5) is 13.2 Å². The minimum Gasteiger partial charge on any atom is -0.355 e. The summed E-state index contributed by atoms with van der Waals surface area (Å²) in [5.41, 5.74) is 0.640. The Morgan fingerprint density at radius 1 is 1.22 bits per heavy atom. The third-order valence-corrected chi connectivity index (χ3v) is 3.50. The molecule has 1 heterocycles. The number of alkyl halides is 3. The second kappa shape index (κ2) is 7.26. The van der Waals surface area contributed by atoms with Gasteiger partial charge in [-0.15, -0.1) is 0 Å². The molecule has 122 valence electrons. The predicted molar refractivity (Wildman–Crippen MR) is 80.8 cm³/mol. The maximum absolute atomic E-state index is 12.6. The summed E-state index contributed by atoms with van der Waals surface area (Å²) in [6.45, 7) is 2.38. The fraction of sp³-hybridized carbons (Fsp3) is 0.294. The average molecular weight is 322 g/mol. The van der Waals surface area contributed by atoms with Crippen molar-refractivity contribution in [1.82, 2.24) is 10.3 Å². The first-order chi connectivity index (χ1) is 10.9. The lowest BCUT2D eigenvalue weighted by Gasteiger charge is -2.13. The Morgan fingerprint density at radius 3 is 2.57 bits per heavy atom. The van der Waals surface area contributed by atoms with Crippen LogP contribution in [-0.2, 0) is 17.4 Å². The number of carbonyl (C=O) groups is 1. The van der Waals surface area contributed by atoms with Crippen LogP contribution in [0.25, 0.3) is 0 Å². The molecule has 0 aliphatic carbocycles. The van der Waals surface area contributed by atoms with Crippen LogP contribution in [0, 0.1) is 0 Å². The summed E-state index contributed by atoms with van der Waals surface area (Å²) in [4.78, 5) is 15.8. The Bertz CT molecular complexity index is 656. The van der Waals surface area contributed by atoms with Crippen molar-refractivity contribution >= 4 is 5.91 Å². The van der Waals surface area contributed by atoms with Gasteiger partial charge in [-0.2, -0.15) is 13.2 Å². The van der Waals surface area contributed by atoms with Gasteiger partial charge in [0.15, 0.2) is 0 Å². The summed E-state index contributed by atoms with van der Waals surface area (Å²) < 4.78 is 37.9. The van der Waals surface area contributed by atoms with E-state index < -0.39 is 11.7 Å². The monoisotopic (exact) mass is 322 g/mol. The molecule has 1 N–H and O–H groups in total. The highest BCUT2D eigenvalue weighted by Crippen LogP contribution is 2.29. The summed E-state index contributed by atoms with van der Waals surface area (Å²) in [6, 6.07) is 8.55. The van der Waals surface area contributed by atoms with E-state index in [1.54, 1.807) is 12.4 Å². The van der Waals surface area contributed by atoms with E-state index in [0.717, 1.165) is 17.7 Å². The maximum atomic E-state index is 12.6. The molecular weight excluding hydrogens is 305 g/mol. The summed E-state index contributed by atoms with van der Waals surface area (Å²) in [6.07, 6.45) is -1.12. The van der Waals surface area contributed by atoms with Crippen molar-refractivity contribution < 1.29 is 18.0 Å². The molecule has 2 rings (SSSR count). The molecule has 0 radical (unpaired) electrons. The zero-order chi connectivity index (χ0) is 16.9. The molecule has 1 atom stereocenters. The number of hydrogen-bond acceptors (Lipinski definition) is 2. The second-order valence-electron chi connectivity index (χ2n) is 5.36. The molecule has 1 unspecified atom stereocenters. The SMILES string of the molecule is CC(CNC(=O)Cc1cccc(C(F)(F)F)c1)c1ccncc1. The molecule has 0 aliphatic heterocycles. The van der Waals surface area contributed by atoms with Crippen molar-refractivity contribution in [1.29, 1.82) is 0 Å². The standard InChI is InChI=1S/C17H17F3N2O/c1-12(14-5-7-21-8-6-14)11-22-16(23)10-13-3-2-4-15(9-13)17(18,19)20/h2-9,12H,10-11H2,1H3,(H,22,23). The molecule has 1 aromatic heterocycles. The van der Waals surface area contributed by atoms with E-state index >= 15 is 0 Å². The van der Waals surface area contributed by atoms with E-state index in [0.29, 0.717) is 12.1 Å². The number of amides is 1.